The summed E-state index contributed by atoms with van der Waals surface area (Å²) in [5.74, 6) is 0.491. The minimum atomic E-state index is 0.491. The molecular weight excluding hydrogens is 96.1 g/mol. The van der Waals surface area contributed by atoms with Crippen LogP contribution < -0.4 is 0 Å². The zero-order valence-electron chi connectivity index (χ0n) is 6.07. The number of hydrogen-bond acceptors (Lipinski definition) is 0. The third-order valence-electron chi connectivity index (χ3n) is 1.41. The van der Waals surface area contributed by atoms with Gasteiger partial charge in [-0.2, -0.15) is 0 Å². The second kappa shape index (κ2) is 3.71. The average molecular weight is 111 g/mol. The van der Waals surface area contributed by atoms with E-state index in [9.17, 15) is 0 Å². The lowest BCUT2D eigenvalue weighted by Crippen LogP contribution is -1.90. The maximum atomic E-state index is 3.91. The predicted molar refractivity (Wildman–Crippen MR) is 38.6 cm³/mol. The van der Waals surface area contributed by atoms with Crippen molar-refractivity contribution < 1.29 is 0 Å². The standard InChI is InChI=1S/C8H15/c1-5-8(6-2)7(3)4/h5,7H,3,6H2,1-2,4H3. The molecule has 0 aromatic carbocycles. The summed E-state index contributed by atoms with van der Waals surface area (Å²) in [5.41, 5.74) is 1.45. The van der Waals surface area contributed by atoms with Gasteiger partial charge in [0.05, 0.1) is 0 Å². The Morgan fingerprint density at radius 2 is 2.25 bits per heavy atom. The summed E-state index contributed by atoms with van der Waals surface area (Å²) in [6.07, 6.45) is 3.29. The first kappa shape index (κ1) is 7.74. The van der Waals surface area contributed by atoms with Crippen molar-refractivity contribution in [3.63, 3.8) is 0 Å². The summed E-state index contributed by atoms with van der Waals surface area (Å²) in [5, 5.41) is 0. The van der Waals surface area contributed by atoms with E-state index < -0.39 is 0 Å². The highest BCUT2D eigenvalue weighted by Gasteiger charge is 1.95. The van der Waals surface area contributed by atoms with E-state index in [1.807, 2.05) is 0 Å². The van der Waals surface area contributed by atoms with Crippen LogP contribution in [0.4, 0.5) is 0 Å². The van der Waals surface area contributed by atoms with E-state index in [1.165, 1.54) is 5.57 Å². The molecule has 0 bridgehead atoms. The molecule has 47 valence electrons. The molecular formula is C8H15. The maximum absolute atomic E-state index is 3.91. The van der Waals surface area contributed by atoms with E-state index in [0.717, 1.165) is 6.42 Å². The van der Waals surface area contributed by atoms with Crippen molar-refractivity contribution in [2.45, 2.75) is 27.2 Å². The van der Waals surface area contributed by atoms with Gasteiger partial charge in [0, 0.05) is 0 Å². The van der Waals surface area contributed by atoms with Crippen molar-refractivity contribution in [3.05, 3.63) is 18.6 Å². The van der Waals surface area contributed by atoms with Crippen LogP contribution in [0, 0.1) is 12.8 Å². The van der Waals surface area contributed by atoms with Crippen LogP contribution in [-0.4, -0.2) is 0 Å². The topological polar surface area (TPSA) is 0 Å². The Kier molecular flexibility index (Phi) is 3.59. The Hall–Kier alpha value is -0.260. The van der Waals surface area contributed by atoms with Gasteiger partial charge in [-0.1, -0.05) is 25.5 Å². The van der Waals surface area contributed by atoms with Crippen molar-refractivity contribution in [1.29, 1.82) is 0 Å². The SMILES string of the molecule is [CH2]C(C)C(=CC)CC. The second-order valence-electron chi connectivity index (χ2n) is 2.12. The molecule has 0 rings (SSSR count). The van der Waals surface area contributed by atoms with Gasteiger partial charge in [-0.05, 0) is 26.2 Å². The van der Waals surface area contributed by atoms with Gasteiger partial charge in [-0.25, -0.2) is 0 Å². The Morgan fingerprint density at radius 1 is 1.75 bits per heavy atom. The molecule has 0 amide bonds. The molecule has 1 radical (unpaired) electrons. The third-order valence-corrected chi connectivity index (χ3v) is 1.41. The normalized spacial score (nSPS) is 12.9. The molecule has 0 N–H and O–H groups in total. The van der Waals surface area contributed by atoms with Crippen LogP contribution >= 0.6 is 0 Å². The Balaban J connectivity index is 3.72. The van der Waals surface area contributed by atoms with Crippen LogP contribution in [0.25, 0.3) is 0 Å². The van der Waals surface area contributed by atoms with E-state index in [4.69, 9.17) is 0 Å². The minimum Gasteiger partial charge on any atom is -0.0882 e. The van der Waals surface area contributed by atoms with Crippen molar-refractivity contribution in [1.82, 2.24) is 0 Å². The molecule has 1 unspecified atom stereocenters. The monoisotopic (exact) mass is 111 g/mol. The quantitative estimate of drug-likeness (QED) is 0.481. The van der Waals surface area contributed by atoms with E-state index in [1.54, 1.807) is 0 Å². The van der Waals surface area contributed by atoms with Crippen LogP contribution in [0.1, 0.15) is 27.2 Å². The maximum Gasteiger partial charge on any atom is -0.0232 e. The molecule has 0 aliphatic heterocycles. The minimum absolute atomic E-state index is 0.491. The van der Waals surface area contributed by atoms with Gasteiger partial charge in [0.25, 0.3) is 0 Å². The smallest absolute Gasteiger partial charge is 0.0232 e. The van der Waals surface area contributed by atoms with Crippen molar-refractivity contribution in [3.8, 4) is 0 Å². The summed E-state index contributed by atoms with van der Waals surface area (Å²) in [7, 11) is 0. The lowest BCUT2D eigenvalue weighted by molar-refractivity contribution is 0.803. The molecule has 0 aliphatic carbocycles. The van der Waals surface area contributed by atoms with Gasteiger partial charge in [0.2, 0.25) is 0 Å². The Bertz CT molecular complexity index is 78.0. The molecule has 8 heavy (non-hydrogen) atoms. The Labute approximate surface area is 52.6 Å². The van der Waals surface area contributed by atoms with Crippen molar-refractivity contribution in [2.75, 3.05) is 0 Å². The van der Waals surface area contributed by atoms with Crippen molar-refractivity contribution >= 4 is 0 Å². The summed E-state index contributed by atoms with van der Waals surface area (Å²) in [6, 6.07) is 0. The summed E-state index contributed by atoms with van der Waals surface area (Å²) in [6.45, 7) is 10.3. The van der Waals surface area contributed by atoms with Gasteiger partial charge in [0.15, 0.2) is 0 Å². The summed E-state index contributed by atoms with van der Waals surface area (Å²) < 4.78 is 0. The van der Waals surface area contributed by atoms with Crippen LogP contribution in [-0.2, 0) is 0 Å². The summed E-state index contributed by atoms with van der Waals surface area (Å²) in [4.78, 5) is 0. The molecule has 0 saturated carbocycles. The fourth-order valence-electron chi connectivity index (χ4n) is 0.837. The van der Waals surface area contributed by atoms with Gasteiger partial charge in [0.1, 0.15) is 0 Å². The van der Waals surface area contributed by atoms with E-state index in [2.05, 4.69) is 33.8 Å². The van der Waals surface area contributed by atoms with Gasteiger partial charge in [-0.15, -0.1) is 0 Å². The number of rotatable bonds is 2. The van der Waals surface area contributed by atoms with E-state index in [-0.39, 0.29) is 0 Å². The highest BCUT2D eigenvalue weighted by molar-refractivity contribution is 5.04. The highest BCUT2D eigenvalue weighted by atomic mass is 14.0. The molecule has 0 heteroatoms. The fourth-order valence-corrected chi connectivity index (χ4v) is 0.837. The van der Waals surface area contributed by atoms with Gasteiger partial charge < -0.3 is 0 Å². The van der Waals surface area contributed by atoms with Crippen molar-refractivity contribution in [2.24, 2.45) is 5.92 Å². The highest BCUT2D eigenvalue weighted by Crippen LogP contribution is 2.11. The molecule has 0 spiro atoms. The Morgan fingerprint density at radius 3 is 2.25 bits per heavy atom. The van der Waals surface area contributed by atoms with E-state index >= 15 is 0 Å². The molecule has 0 aromatic heterocycles. The largest absolute Gasteiger partial charge is 0.0882 e. The van der Waals surface area contributed by atoms with Crippen LogP contribution in [0.15, 0.2) is 11.6 Å². The first-order valence-corrected chi connectivity index (χ1v) is 3.20. The van der Waals surface area contributed by atoms with Gasteiger partial charge in [-0.3, -0.25) is 0 Å². The molecule has 0 heterocycles. The third kappa shape index (κ3) is 2.15. The fraction of sp³-hybridized carbons (Fsp3) is 0.625. The second-order valence-corrected chi connectivity index (χ2v) is 2.12. The van der Waals surface area contributed by atoms with Gasteiger partial charge >= 0.3 is 0 Å². The molecule has 0 aliphatic rings. The predicted octanol–water partition coefficient (Wildman–Crippen LogP) is 2.81. The lowest BCUT2D eigenvalue weighted by atomic mass is 10.0. The zero-order valence-corrected chi connectivity index (χ0v) is 6.07. The number of allylic oxidation sites excluding steroid dienone is 2. The first-order chi connectivity index (χ1) is 3.72. The van der Waals surface area contributed by atoms with Crippen LogP contribution in [0.5, 0.6) is 0 Å². The van der Waals surface area contributed by atoms with E-state index in [0.29, 0.717) is 5.92 Å². The summed E-state index contributed by atoms with van der Waals surface area (Å²) >= 11 is 0. The molecule has 0 saturated heterocycles. The molecule has 1 atom stereocenters. The van der Waals surface area contributed by atoms with Crippen LogP contribution in [0.3, 0.4) is 0 Å². The molecule has 0 aromatic rings. The average Bonchev–Trinajstić information content (AvgIpc) is 1.69. The first-order valence-electron chi connectivity index (χ1n) is 3.20. The molecule has 0 nitrogen and oxygen atoms in total. The molecule has 0 fully saturated rings. The van der Waals surface area contributed by atoms with Crippen LogP contribution in [0.2, 0.25) is 0 Å². The lowest BCUT2D eigenvalue weighted by Gasteiger charge is -2.05. The zero-order chi connectivity index (χ0) is 6.57. The number of hydrogen-bond donors (Lipinski definition) is 0.